The van der Waals surface area contributed by atoms with Crippen molar-refractivity contribution in [1.29, 1.82) is 0 Å². The number of aliphatic hydroxyl groups is 2. The molecule has 0 saturated heterocycles. The van der Waals surface area contributed by atoms with Gasteiger partial charge in [0.05, 0.1) is 0 Å². The summed E-state index contributed by atoms with van der Waals surface area (Å²) in [6, 6.07) is 0. The highest BCUT2D eigenvalue weighted by Gasteiger charge is 2.55. The van der Waals surface area contributed by atoms with E-state index in [1.54, 1.807) is 0 Å². The Morgan fingerprint density at radius 1 is 0.857 bits per heavy atom. The van der Waals surface area contributed by atoms with Crippen LogP contribution in [0.5, 0.6) is 0 Å². The molecule has 0 aromatic carbocycles. The summed E-state index contributed by atoms with van der Waals surface area (Å²) < 4.78 is 0. The fourth-order valence-corrected chi connectivity index (χ4v) is 3.93. The molecule has 0 heterocycles. The summed E-state index contributed by atoms with van der Waals surface area (Å²) in [5.74, 6) is 1.19. The smallest absolute Gasteiger partial charge is 0.111 e. The first-order valence-electron chi connectivity index (χ1n) is 7.74. The number of hydrogen-bond donors (Lipinski definition) is 2. The van der Waals surface area contributed by atoms with Crippen LogP contribution in [-0.2, 0) is 0 Å². The monoisotopic (exact) mass is 288 g/mol. The SMILES string of the molecule is CC1C=C(O)C=CC1(C)C(C)(C)C1(C)C=CC(O)=CC1C. The normalized spacial score (nSPS) is 39.9. The predicted octanol–water partition coefficient (Wildman–Crippen LogP) is 5.32. The minimum absolute atomic E-state index is 0.0553. The first kappa shape index (κ1) is 15.9. The van der Waals surface area contributed by atoms with Crippen LogP contribution >= 0.6 is 0 Å². The van der Waals surface area contributed by atoms with Crippen LogP contribution < -0.4 is 0 Å². The zero-order valence-corrected chi connectivity index (χ0v) is 14.0. The van der Waals surface area contributed by atoms with Gasteiger partial charge in [-0.05, 0) is 52.4 Å². The molecule has 4 unspecified atom stereocenters. The fraction of sp³-hybridized carbons (Fsp3) is 0.579. The molecule has 0 saturated carbocycles. The Balaban J connectivity index is 2.48. The third-order valence-corrected chi connectivity index (χ3v) is 6.63. The van der Waals surface area contributed by atoms with Crippen molar-refractivity contribution in [2.24, 2.45) is 28.1 Å². The third kappa shape index (κ3) is 2.16. The second-order valence-corrected chi connectivity index (χ2v) is 7.62. The van der Waals surface area contributed by atoms with E-state index in [9.17, 15) is 10.2 Å². The zero-order valence-electron chi connectivity index (χ0n) is 14.0. The highest BCUT2D eigenvalue weighted by Crippen LogP contribution is 2.61. The average Bonchev–Trinajstić information content (AvgIpc) is 2.38. The number of allylic oxidation sites excluding steroid dienone is 6. The van der Waals surface area contributed by atoms with Crippen LogP contribution in [0.3, 0.4) is 0 Å². The number of hydrogen-bond acceptors (Lipinski definition) is 2. The Morgan fingerprint density at radius 2 is 1.19 bits per heavy atom. The molecule has 0 aromatic heterocycles. The van der Waals surface area contributed by atoms with Gasteiger partial charge in [-0.15, -0.1) is 0 Å². The van der Waals surface area contributed by atoms with Crippen LogP contribution in [0.25, 0.3) is 0 Å². The Kier molecular flexibility index (Phi) is 3.64. The molecular formula is C19H28O2. The molecule has 0 fully saturated rings. The van der Waals surface area contributed by atoms with E-state index in [-0.39, 0.29) is 28.1 Å². The maximum Gasteiger partial charge on any atom is 0.111 e. The van der Waals surface area contributed by atoms with Gasteiger partial charge < -0.3 is 10.2 Å². The molecule has 0 spiro atoms. The van der Waals surface area contributed by atoms with Gasteiger partial charge in [-0.25, -0.2) is 0 Å². The van der Waals surface area contributed by atoms with E-state index in [0.29, 0.717) is 11.5 Å². The first-order chi connectivity index (χ1) is 9.54. The lowest BCUT2D eigenvalue weighted by Crippen LogP contribution is -2.52. The average molecular weight is 288 g/mol. The van der Waals surface area contributed by atoms with Crippen molar-refractivity contribution in [3.05, 3.63) is 48.0 Å². The minimum Gasteiger partial charge on any atom is -0.508 e. The summed E-state index contributed by atoms with van der Waals surface area (Å²) in [4.78, 5) is 0. The maximum atomic E-state index is 9.76. The van der Waals surface area contributed by atoms with E-state index in [0.717, 1.165) is 0 Å². The van der Waals surface area contributed by atoms with Gasteiger partial charge in [-0.1, -0.05) is 53.7 Å². The Bertz CT molecular complexity index is 502. The molecule has 0 aromatic rings. The molecule has 21 heavy (non-hydrogen) atoms. The Hall–Kier alpha value is -1.44. The van der Waals surface area contributed by atoms with Crippen LogP contribution in [0, 0.1) is 28.1 Å². The number of aliphatic hydroxyl groups excluding tert-OH is 2. The molecular weight excluding hydrogens is 260 g/mol. The van der Waals surface area contributed by atoms with Crippen molar-refractivity contribution < 1.29 is 10.2 Å². The second-order valence-electron chi connectivity index (χ2n) is 7.62. The van der Waals surface area contributed by atoms with Crippen LogP contribution in [0.15, 0.2) is 48.0 Å². The molecule has 0 radical (unpaired) electrons. The maximum absolute atomic E-state index is 9.76. The lowest BCUT2D eigenvalue weighted by Gasteiger charge is -2.58. The third-order valence-electron chi connectivity index (χ3n) is 6.63. The molecule has 116 valence electrons. The van der Waals surface area contributed by atoms with Crippen LogP contribution in [-0.4, -0.2) is 10.2 Å². The van der Waals surface area contributed by atoms with Gasteiger partial charge in [0.1, 0.15) is 11.5 Å². The minimum atomic E-state index is -0.0760. The Labute approximate surface area is 128 Å². The van der Waals surface area contributed by atoms with Gasteiger partial charge in [0.15, 0.2) is 0 Å². The molecule has 0 amide bonds. The largest absolute Gasteiger partial charge is 0.508 e. The van der Waals surface area contributed by atoms with Crippen molar-refractivity contribution in [2.45, 2.75) is 41.5 Å². The van der Waals surface area contributed by atoms with Crippen LogP contribution in [0.1, 0.15) is 41.5 Å². The highest BCUT2D eigenvalue weighted by molar-refractivity contribution is 5.31. The standard InChI is InChI=1S/C19H28O2/c1-13-11-15(20)7-9-18(13,5)17(3,4)19(6)10-8-16(21)12-14(19)2/h7-14,20-21H,1-6H3. The summed E-state index contributed by atoms with van der Waals surface area (Å²) in [5, 5.41) is 19.5. The fourth-order valence-electron chi connectivity index (χ4n) is 3.93. The van der Waals surface area contributed by atoms with Gasteiger partial charge >= 0.3 is 0 Å². The predicted molar refractivity (Wildman–Crippen MR) is 88.0 cm³/mol. The van der Waals surface area contributed by atoms with Gasteiger partial charge in [-0.2, -0.15) is 0 Å². The summed E-state index contributed by atoms with van der Waals surface area (Å²) in [6.45, 7) is 13.4. The molecule has 2 aliphatic carbocycles. The summed E-state index contributed by atoms with van der Waals surface area (Å²) in [7, 11) is 0. The van der Waals surface area contributed by atoms with E-state index in [2.05, 4.69) is 53.7 Å². The topological polar surface area (TPSA) is 40.5 Å². The highest BCUT2D eigenvalue weighted by atomic mass is 16.3. The molecule has 0 bridgehead atoms. The lowest BCUT2D eigenvalue weighted by molar-refractivity contribution is -0.0269. The van der Waals surface area contributed by atoms with Crippen molar-refractivity contribution >= 4 is 0 Å². The quantitative estimate of drug-likeness (QED) is 0.722. The van der Waals surface area contributed by atoms with Gasteiger partial charge in [-0.3, -0.25) is 0 Å². The van der Waals surface area contributed by atoms with Crippen molar-refractivity contribution in [3.8, 4) is 0 Å². The summed E-state index contributed by atoms with van der Waals surface area (Å²) in [6.07, 6.45) is 11.8. The summed E-state index contributed by atoms with van der Waals surface area (Å²) >= 11 is 0. The zero-order chi connectivity index (χ0) is 16.1. The van der Waals surface area contributed by atoms with Crippen LogP contribution in [0.4, 0.5) is 0 Å². The van der Waals surface area contributed by atoms with E-state index in [4.69, 9.17) is 0 Å². The lowest BCUT2D eigenvalue weighted by atomic mass is 9.46. The van der Waals surface area contributed by atoms with Gasteiger partial charge in [0, 0.05) is 0 Å². The molecule has 4 atom stereocenters. The number of rotatable bonds is 2. The summed E-state index contributed by atoms with van der Waals surface area (Å²) in [5.41, 5.74) is -0.207. The second kappa shape index (κ2) is 4.79. The van der Waals surface area contributed by atoms with Crippen molar-refractivity contribution in [1.82, 2.24) is 0 Å². The molecule has 2 N–H and O–H groups in total. The van der Waals surface area contributed by atoms with Crippen molar-refractivity contribution in [3.63, 3.8) is 0 Å². The molecule has 2 heteroatoms. The van der Waals surface area contributed by atoms with E-state index in [1.165, 1.54) is 0 Å². The molecule has 2 aliphatic rings. The van der Waals surface area contributed by atoms with E-state index in [1.807, 2.05) is 24.3 Å². The van der Waals surface area contributed by atoms with Crippen molar-refractivity contribution in [2.75, 3.05) is 0 Å². The van der Waals surface area contributed by atoms with E-state index < -0.39 is 0 Å². The molecule has 2 rings (SSSR count). The molecule has 0 aliphatic heterocycles. The van der Waals surface area contributed by atoms with Gasteiger partial charge in [0.2, 0.25) is 0 Å². The Morgan fingerprint density at radius 3 is 1.48 bits per heavy atom. The first-order valence-corrected chi connectivity index (χ1v) is 7.74. The van der Waals surface area contributed by atoms with E-state index >= 15 is 0 Å². The van der Waals surface area contributed by atoms with Gasteiger partial charge in [0.25, 0.3) is 0 Å². The molecule has 2 nitrogen and oxygen atoms in total. The van der Waals surface area contributed by atoms with Crippen LogP contribution in [0.2, 0.25) is 0 Å².